The number of hydrogen-bond acceptors (Lipinski definition) is 5. The molecule has 5 nitrogen and oxygen atoms in total. The van der Waals surface area contributed by atoms with Gasteiger partial charge in [-0.3, -0.25) is 0 Å². The Balaban J connectivity index is 2.16. The van der Waals surface area contributed by atoms with E-state index < -0.39 is 5.97 Å². The first-order valence-electron chi connectivity index (χ1n) is 5.10. The van der Waals surface area contributed by atoms with Crippen LogP contribution in [0.15, 0.2) is 22.1 Å². The van der Waals surface area contributed by atoms with Crippen LogP contribution >= 0.6 is 27.3 Å². The number of rotatable bonds is 4. The Morgan fingerprint density at radius 1 is 1.61 bits per heavy atom. The Morgan fingerprint density at radius 2 is 2.39 bits per heavy atom. The van der Waals surface area contributed by atoms with Crippen LogP contribution in [0.3, 0.4) is 0 Å². The van der Waals surface area contributed by atoms with Gasteiger partial charge in [0.25, 0.3) is 0 Å². The molecular weight excluding hydrogens is 318 g/mol. The van der Waals surface area contributed by atoms with Gasteiger partial charge in [-0.15, -0.1) is 11.3 Å². The molecule has 2 heterocycles. The second-order valence-electron chi connectivity index (χ2n) is 3.59. The van der Waals surface area contributed by atoms with E-state index in [1.54, 1.807) is 6.20 Å². The molecule has 0 saturated carbocycles. The third-order valence-electron chi connectivity index (χ3n) is 2.16. The van der Waals surface area contributed by atoms with Crippen LogP contribution in [0.25, 0.3) is 0 Å². The van der Waals surface area contributed by atoms with Crippen molar-refractivity contribution in [3.8, 4) is 0 Å². The van der Waals surface area contributed by atoms with Crippen molar-refractivity contribution in [2.75, 3.05) is 5.32 Å². The van der Waals surface area contributed by atoms with Crippen molar-refractivity contribution in [1.29, 1.82) is 0 Å². The maximum atomic E-state index is 11.1. The molecule has 0 atom stereocenters. The number of carbonyl (C=O) groups is 1. The molecular formula is C11H10BrN3O2S. The third-order valence-corrected chi connectivity index (χ3v) is 3.56. The van der Waals surface area contributed by atoms with Gasteiger partial charge in [-0.05, 0) is 28.9 Å². The van der Waals surface area contributed by atoms with E-state index in [1.165, 1.54) is 17.4 Å². The first-order valence-corrected chi connectivity index (χ1v) is 6.77. The van der Waals surface area contributed by atoms with Gasteiger partial charge in [-0.25, -0.2) is 14.8 Å². The second-order valence-corrected chi connectivity index (χ2v) is 5.45. The molecule has 2 aromatic rings. The van der Waals surface area contributed by atoms with Gasteiger partial charge in [-0.2, -0.15) is 0 Å². The van der Waals surface area contributed by atoms with Gasteiger partial charge in [0.2, 0.25) is 0 Å². The normalized spacial score (nSPS) is 10.3. The number of halogens is 1. The number of pyridine rings is 1. The van der Waals surface area contributed by atoms with E-state index in [2.05, 4.69) is 31.2 Å². The summed E-state index contributed by atoms with van der Waals surface area (Å²) in [4.78, 5) is 19.4. The number of carboxylic acid groups (broad SMARTS) is 1. The van der Waals surface area contributed by atoms with E-state index in [4.69, 9.17) is 5.11 Å². The van der Waals surface area contributed by atoms with Crippen molar-refractivity contribution in [1.82, 2.24) is 9.97 Å². The van der Waals surface area contributed by atoms with Crippen molar-refractivity contribution in [2.45, 2.75) is 13.5 Å². The lowest BCUT2D eigenvalue weighted by molar-refractivity contribution is 0.0697. The highest BCUT2D eigenvalue weighted by atomic mass is 79.9. The Labute approximate surface area is 116 Å². The molecule has 0 radical (unpaired) electrons. The molecule has 18 heavy (non-hydrogen) atoms. The average Bonchev–Trinajstić information content (AvgIpc) is 2.73. The minimum Gasteiger partial charge on any atom is -0.478 e. The zero-order valence-electron chi connectivity index (χ0n) is 9.48. The maximum absolute atomic E-state index is 11.1. The molecule has 0 aliphatic carbocycles. The molecule has 0 amide bonds. The van der Waals surface area contributed by atoms with Crippen LogP contribution < -0.4 is 5.32 Å². The maximum Gasteiger partial charge on any atom is 0.339 e. The van der Waals surface area contributed by atoms with Crippen LogP contribution in [0.2, 0.25) is 0 Å². The average molecular weight is 328 g/mol. The van der Waals surface area contributed by atoms with Crippen molar-refractivity contribution in [2.24, 2.45) is 0 Å². The predicted octanol–water partition coefficient (Wildman–Crippen LogP) is 2.92. The highest BCUT2D eigenvalue weighted by Crippen LogP contribution is 2.19. The van der Waals surface area contributed by atoms with Crippen molar-refractivity contribution in [3.05, 3.63) is 38.4 Å². The second kappa shape index (κ2) is 5.45. The molecule has 0 fully saturated rings. The summed E-state index contributed by atoms with van der Waals surface area (Å²) >= 11 is 4.73. The fraction of sp³-hybridized carbons (Fsp3) is 0.182. The Hall–Kier alpha value is -1.47. The van der Waals surface area contributed by atoms with Crippen molar-refractivity contribution >= 4 is 39.1 Å². The summed E-state index contributed by atoms with van der Waals surface area (Å²) in [5.41, 5.74) is 1.09. The molecule has 0 aliphatic heterocycles. The van der Waals surface area contributed by atoms with Gasteiger partial charge in [0.1, 0.15) is 16.4 Å². The van der Waals surface area contributed by atoms with Gasteiger partial charge in [-0.1, -0.05) is 0 Å². The number of thiazole rings is 1. The molecule has 0 aromatic carbocycles. The van der Waals surface area contributed by atoms with Crippen molar-refractivity contribution < 1.29 is 9.90 Å². The summed E-state index contributed by atoms with van der Waals surface area (Å²) in [5.74, 6) is -0.667. The topological polar surface area (TPSA) is 75.1 Å². The summed E-state index contributed by atoms with van der Waals surface area (Å²) in [7, 11) is 0. The summed E-state index contributed by atoms with van der Waals surface area (Å²) in [6.45, 7) is 2.38. The number of hydrogen-bond donors (Lipinski definition) is 2. The van der Waals surface area contributed by atoms with E-state index >= 15 is 0 Å². The zero-order chi connectivity index (χ0) is 13.1. The van der Waals surface area contributed by atoms with Crippen LogP contribution in [-0.2, 0) is 6.54 Å². The molecule has 0 spiro atoms. The largest absolute Gasteiger partial charge is 0.478 e. The van der Waals surface area contributed by atoms with Gasteiger partial charge in [0.05, 0.1) is 6.54 Å². The van der Waals surface area contributed by atoms with Gasteiger partial charge >= 0.3 is 5.97 Å². The van der Waals surface area contributed by atoms with Gasteiger partial charge in [0, 0.05) is 21.7 Å². The third kappa shape index (κ3) is 3.05. The zero-order valence-corrected chi connectivity index (χ0v) is 11.9. The van der Waals surface area contributed by atoms with E-state index in [0.717, 1.165) is 10.7 Å². The molecule has 0 aliphatic rings. The molecule has 2 rings (SSSR count). The van der Waals surface area contributed by atoms with Gasteiger partial charge < -0.3 is 10.4 Å². The van der Waals surface area contributed by atoms with Crippen molar-refractivity contribution in [3.63, 3.8) is 0 Å². The molecule has 94 valence electrons. The number of aromatic carboxylic acids is 1. The lowest BCUT2D eigenvalue weighted by atomic mass is 10.2. The first-order chi connectivity index (χ1) is 8.56. The van der Waals surface area contributed by atoms with E-state index in [0.29, 0.717) is 16.8 Å². The number of aromatic nitrogens is 2. The SMILES string of the molecule is Cc1csc(CNc2ncc(Br)cc2C(=O)O)n1. The smallest absolute Gasteiger partial charge is 0.339 e. The van der Waals surface area contributed by atoms with E-state index in [1.807, 2.05) is 12.3 Å². The predicted molar refractivity (Wildman–Crippen MR) is 73.1 cm³/mol. The van der Waals surface area contributed by atoms with Gasteiger partial charge in [0.15, 0.2) is 0 Å². The standard InChI is InChI=1S/C11H10BrN3O2S/c1-6-5-18-9(15-6)4-14-10-8(11(16)17)2-7(12)3-13-10/h2-3,5H,4H2,1H3,(H,13,14)(H,16,17). The molecule has 0 bridgehead atoms. The summed E-state index contributed by atoms with van der Waals surface area (Å²) in [5, 5.41) is 14.9. The Morgan fingerprint density at radius 3 is 3.00 bits per heavy atom. The number of nitrogens with one attached hydrogen (secondary N) is 1. The summed E-state index contributed by atoms with van der Waals surface area (Å²) < 4.78 is 0.635. The number of carboxylic acids is 1. The van der Waals surface area contributed by atoms with Crippen LogP contribution in [-0.4, -0.2) is 21.0 Å². The Kier molecular flexibility index (Phi) is 3.93. The Bertz CT molecular complexity index is 585. The quantitative estimate of drug-likeness (QED) is 0.903. The van der Waals surface area contributed by atoms with Crippen LogP contribution in [0.4, 0.5) is 5.82 Å². The minimum atomic E-state index is -1.01. The number of nitrogens with zero attached hydrogens (tertiary/aromatic N) is 2. The molecule has 2 aromatic heterocycles. The van der Waals surface area contributed by atoms with Crippen LogP contribution in [0.5, 0.6) is 0 Å². The summed E-state index contributed by atoms with van der Waals surface area (Å²) in [6, 6.07) is 1.52. The number of anilines is 1. The van der Waals surface area contributed by atoms with E-state index in [-0.39, 0.29) is 5.56 Å². The van der Waals surface area contributed by atoms with Crippen LogP contribution in [0, 0.1) is 6.92 Å². The highest BCUT2D eigenvalue weighted by molar-refractivity contribution is 9.10. The molecule has 2 N–H and O–H groups in total. The van der Waals surface area contributed by atoms with Crippen LogP contribution in [0.1, 0.15) is 21.1 Å². The first kappa shape index (κ1) is 13.0. The monoisotopic (exact) mass is 327 g/mol. The lowest BCUT2D eigenvalue weighted by Gasteiger charge is -2.07. The summed E-state index contributed by atoms with van der Waals surface area (Å²) in [6.07, 6.45) is 1.56. The molecule has 7 heteroatoms. The minimum absolute atomic E-state index is 0.137. The highest BCUT2D eigenvalue weighted by Gasteiger charge is 2.12. The molecule has 0 saturated heterocycles. The molecule has 0 unspecified atom stereocenters. The lowest BCUT2D eigenvalue weighted by Crippen LogP contribution is -2.08. The number of aryl methyl sites for hydroxylation is 1. The fourth-order valence-corrected chi connectivity index (χ4v) is 2.43. The fourth-order valence-electron chi connectivity index (χ4n) is 1.39. The van der Waals surface area contributed by atoms with E-state index in [9.17, 15) is 4.79 Å².